The fraction of sp³-hybridized carbons (Fsp3) is 1.00. The van der Waals surface area contributed by atoms with Gasteiger partial charge < -0.3 is 5.32 Å². The van der Waals surface area contributed by atoms with Gasteiger partial charge in [-0.2, -0.15) is 0 Å². The minimum absolute atomic E-state index is 0.366. The first kappa shape index (κ1) is 16.3. The van der Waals surface area contributed by atoms with Crippen molar-refractivity contribution < 1.29 is 8.42 Å². The van der Waals surface area contributed by atoms with E-state index < -0.39 is 9.84 Å². The van der Waals surface area contributed by atoms with Crippen LogP contribution in [0.25, 0.3) is 0 Å². The van der Waals surface area contributed by atoms with E-state index in [9.17, 15) is 8.42 Å². The number of sulfone groups is 1. The maximum absolute atomic E-state index is 11.9. The zero-order chi connectivity index (χ0) is 14.4. The van der Waals surface area contributed by atoms with Crippen LogP contribution in [-0.4, -0.2) is 32.5 Å². The second-order valence-electron chi connectivity index (χ2n) is 6.78. The van der Waals surface area contributed by atoms with Gasteiger partial charge in [-0.1, -0.05) is 32.6 Å². The summed E-state index contributed by atoms with van der Waals surface area (Å²) in [4.78, 5) is 0. The molecule has 118 valence electrons. The Hall–Kier alpha value is -0.0900. The lowest BCUT2D eigenvalue weighted by atomic mass is 9.86. The van der Waals surface area contributed by atoms with Crippen LogP contribution in [0, 0.1) is 11.8 Å². The topological polar surface area (TPSA) is 46.2 Å². The number of rotatable bonds is 8. The predicted octanol–water partition coefficient (Wildman–Crippen LogP) is 3.15. The number of hydrogen-bond acceptors (Lipinski definition) is 3. The smallest absolute Gasteiger partial charge is 0.150 e. The molecule has 1 N–H and O–H groups in total. The highest BCUT2D eigenvalue weighted by Crippen LogP contribution is 2.32. The molecule has 0 spiro atoms. The monoisotopic (exact) mass is 301 g/mol. The minimum atomic E-state index is -2.81. The van der Waals surface area contributed by atoms with Crippen LogP contribution in [0.5, 0.6) is 0 Å². The van der Waals surface area contributed by atoms with Crippen LogP contribution in [0.15, 0.2) is 0 Å². The Morgan fingerprint density at radius 3 is 2.30 bits per heavy atom. The second kappa shape index (κ2) is 7.79. The molecule has 0 aromatic heterocycles. The van der Waals surface area contributed by atoms with Crippen LogP contribution in [0.2, 0.25) is 0 Å². The highest BCUT2D eigenvalue weighted by atomic mass is 32.2. The lowest BCUT2D eigenvalue weighted by Gasteiger charge is -2.25. The van der Waals surface area contributed by atoms with E-state index in [1.54, 1.807) is 0 Å². The van der Waals surface area contributed by atoms with Gasteiger partial charge in [0.25, 0.3) is 0 Å². The molecule has 0 aromatic carbocycles. The van der Waals surface area contributed by atoms with E-state index in [4.69, 9.17) is 0 Å². The van der Waals surface area contributed by atoms with Crippen LogP contribution in [0.3, 0.4) is 0 Å². The molecule has 0 aliphatic heterocycles. The third kappa shape index (κ3) is 5.72. The van der Waals surface area contributed by atoms with Gasteiger partial charge in [0.05, 0.1) is 5.75 Å². The van der Waals surface area contributed by atoms with Crippen LogP contribution >= 0.6 is 0 Å². The average molecular weight is 301 g/mol. The number of hydrogen-bond donors (Lipinski definition) is 1. The van der Waals surface area contributed by atoms with Crippen LogP contribution in [0.1, 0.15) is 64.7 Å². The third-order valence-corrected chi connectivity index (χ3v) is 6.77. The maximum atomic E-state index is 11.9. The fourth-order valence-corrected chi connectivity index (χ4v) is 4.95. The van der Waals surface area contributed by atoms with Gasteiger partial charge in [0.15, 0.2) is 0 Å². The van der Waals surface area contributed by atoms with Crippen molar-refractivity contribution in [2.45, 2.75) is 70.8 Å². The average Bonchev–Trinajstić information content (AvgIpc) is 3.21. The van der Waals surface area contributed by atoms with Crippen molar-refractivity contribution >= 4 is 9.84 Å². The first-order valence-corrected chi connectivity index (χ1v) is 10.4. The van der Waals surface area contributed by atoms with Gasteiger partial charge in [0.2, 0.25) is 0 Å². The molecule has 2 rings (SSSR count). The van der Waals surface area contributed by atoms with Crippen LogP contribution < -0.4 is 5.32 Å². The summed E-state index contributed by atoms with van der Waals surface area (Å²) in [5.41, 5.74) is 0. The highest BCUT2D eigenvalue weighted by Gasteiger charge is 2.28. The molecule has 0 bridgehead atoms. The zero-order valence-corrected chi connectivity index (χ0v) is 13.8. The molecule has 2 aliphatic carbocycles. The summed E-state index contributed by atoms with van der Waals surface area (Å²) in [6.07, 6.45) is 10.8. The molecule has 0 aromatic rings. The highest BCUT2D eigenvalue weighted by molar-refractivity contribution is 7.91. The van der Waals surface area contributed by atoms with E-state index in [0.717, 1.165) is 25.4 Å². The lowest BCUT2D eigenvalue weighted by molar-refractivity contribution is 0.291. The van der Waals surface area contributed by atoms with E-state index in [0.29, 0.717) is 23.3 Å². The third-order valence-electron chi connectivity index (χ3n) is 4.88. The van der Waals surface area contributed by atoms with Gasteiger partial charge in [-0.25, -0.2) is 8.42 Å². The molecule has 3 nitrogen and oxygen atoms in total. The first-order chi connectivity index (χ1) is 9.61. The summed E-state index contributed by atoms with van der Waals surface area (Å²) in [7, 11) is -2.81. The first-order valence-electron chi connectivity index (χ1n) is 8.54. The van der Waals surface area contributed by atoms with E-state index in [1.165, 1.54) is 44.9 Å². The van der Waals surface area contributed by atoms with Crippen molar-refractivity contribution in [1.29, 1.82) is 0 Å². The molecule has 4 heteroatoms. The van der Waals surface area contributed by atoms with Crippen molar-refractivity contribution in [3.63, 3.8) is 0 Å². The largest absolute Gasteiger partial charge is 0.314 e. The molecule has 20 heavy (non-hydrogen) atoms. The minimum Gasteiger partial charge on any atom is -0.314 e. The Labute approximate surface area is 124 Å². The Kier molecular flexibility index (Phi) is 6.34. The molecule has 0 saturated heterocycles. The van der Waals surface area contributed by atoms with Gasteiger partial charge >= 0.3 is 0 Å². The predicted molar refractivity (Wildman–Crippen MR) is 84.7 cm³/mol. The summed E-state index contributed by atoms with van der Waals surface area (Å²) in [5.74, 6) is 2.10. The van der Waals surface area contributed by atoms with Gasteiger partial charge in [0.1, 0.15) is 9.84 Å². The van der Waals surface area contributed by atoms with E-state index >= 15 is 0 Å². The molecular formula is C16H31NO2S. The molecule has 0 radical (unpaired) electrons. The van der Waals surface area contributed by atoms with Crippen LogP contribution in [0.4, 0.5) is 0 Å². The summed E-state index contributed by atoms with van der Waals surface area (Å²) in [6.45, 7) is 3.06. The SMILES string of the molecule is CCCS(=O)(=O)CCC1CCCCCC1CNC1CC1. The van der Waals surface area contributed by atoms with Crippen molar-refractivity contribution in [3.05, 3.63) is 0 Å². The van der Waals surface area contributed by atoms with E-state index in [1.807, 2.05) is 6.92 Å². The van der Waals surface area contributed by atoms with E-state index in [-0.39, 0.29) is 0 Å². The summed E-state index contributed by atoms with van der Waals surface area (Å²) in [6, 6.07) is 0.766. The molecule has 0 amide bonds. The van der Waals surface area contributed by atoms with Gasteiger partial charge in [-0.15, -0.1) is 0 Å². The van der Waals surface area contributed by atoms with Gasteiger partial charge in [-0.3, -0.25) is 0 Å². The Bertz CT molecular complexity index is 376. The van der Waals surface area contributed by atoms with E-state index in [2.05, 4.69) is 5.32 Å². The quantitative estimate of drug-likeness (QED) is 0.701. The molecular weight excluding hydrogens is 270 g/mol. The Balaban J connectivity index is 1.83. The van der Waals surface area contributed by atoms with Crippen molar-refractivity contribution in [1.82, 2.24) is 5.32 Å². The molecule has 0 heterocycles. The molecule has 2 atom stereocenters. The van der Waals surface area contributed by atoms with Gasteiger partial charge in [0, 0.05) is 11.8 Å². The van der Waals surface area contributed by atoms with Crippen molar-refractivity contribution in [2.24, 2.45) is 11.8 Å². The van der Waals surface area contributed by atoms with Gasteiger partial charge in [-0.05, 0) is 50.5 Å². The Morgan fingerprint density at radius 1 is 0.950 bits per heavy atom. The summed E-state index contributed by atoms with van der Waals surface area (Å²) in [5, 5.41) is 3.66. The van der Waals surface area contributed by atoms with Crippen LogP contribution in [-0.2, 0) is 9.84 Å². The van der Waals surface area contributed by atoms with Crippen molar-refractivity contribution in [2.75, 3.05) is 18.1 Å². The summed E-state index contributed by atoms with van der Waals surface area (Å²) >= 11 is 0. The fourth-order valence-electron chi connectivity index (χ4n) is 3.46. The summed E-state index contributed by atoms with van der Waals surface area (Å²) < 4.78 is 23.9. The standard InChI is InChI=1S/C16H31NO2S/c1-2-11-20(18,19)12-10-14-6-4-3-5-7-15(14)13-17-16-8-9-16/h14-17H,2-13H2,1H3. The molecule has 2 unspecified atom stereocenters. The lowest BCUT2D eigenvalue weighted by Crippen LogP contribution is -2.30. The maximum Gasteiger partial charge on any atom is 0.150 e. The number of nitrogens with one attached hydrogen (secondary N) is 1. The molecule has 2 aliphatic rings. The molecule has 2 saturated carbocycles. The van der Waals surface area contributed by atoms with Crippen molar-refractivity contribution in [3.8, 4) is 0 Å². The zero-order valence-electron chi connectivity index (χ0n) is 12.9. The normalized spacial score (nSPS) is 28.2. The Morgan fingerprint density at radius 2 is 1.65 bits per heavy atom. The molecule has 2 fully saturated rings. The second-order valence-corrected chi connectivity index (χ2v) is 9.08.